The van der Waals surface area contributed by atoms with Gasteiger partial charge in [-0.1, -0.05) is 6.92 Å². The molecule has 0 aromatic heterocycles. The third-order valence-electron chi connectivity index (χ3n) is 1.92. The summed E-state index contributed by atoms with van der Waals surface area (Å²) >= 11 is 3.70. The smallest absolute Gasteiger partial charge is 0.333 e. The van der Waals surface area contributed by atoms with Gasteiger partial charge in [0.25, 0.3) is 0 Å². The van der Waals surface area contributed by atoms with Gasteiger partial charge >= 0.3 is 11.9 Å². The summed E-state index contributed by atoms with van der Waals surface area (Å²) in [6, 6.07) is 0. The van der Waals surface area contributed by atoms with Crippen molar-refractivity contribution in [3.05, 3.63) is 0 Å². The van der Waals surface area contributed by atoms with Crippen LogP contribution in [0.3, 0.4) is 0 Å². The van der Waals surface area contributed by atoms with Crippen molar-refractivity contribution in [1.29, 1.82) is 0 Å². The van der Waals surface area contributed by atoms with Gasteiger partial charge in [-0.05, 0) is 6.42 Å². The lowest BCUT2D eigenvalue weighted by Crippen LogP contribution is -2.50. The van der Waals surface area contributed by atoms with E-state index in [-0.39, 0.29) is 6.42 Å². The van der Waals surface area contributed by atoms with E-state index in [9.17, 15) is 9.59 Å². The molecule has 0 saturated carbocycles. The molecule has 0 amide bonds. The Labute approximate surface area is 91.6 Å². The van der Waals surface area contributed by atoms with Crippen LogP contribution in [0.5, 0.6) is 0 Å². The molecule has 0 aliphatic rings. The van der Waals surface area contributed by atoms with Crippen LogP contribution in [-0.2, 0) is 9.59 Å². The number of aliphatic imine (C=N–C) groups is 1. The number of carboxylic acid groups (broad SMARTS) is 2. The molecule has 0 aromatic carbocycles. The Hall–Kier alpha value is -1.44. The number of hydrogen-bond acceptors (Lipinski definition) is 4. The van der Waals surface area contributed by atoms with Gasteiger partial charge in [0, 0.05) is 0 Å². The maximum absolute atomic E-state index is 11.0. The lowest BCUT2D eigenvalue weighted by Gasteiger charge is -2.26. The molecular formula is C7H13N3O4S. The highest BCUT2D eigenvalue weighted by atomic mass is 32.1. The van der Waals surface area contributed by atoms with Gasteiger partial charge in [0.1, 0.15) is 5.25 Å². The molecule has 0 bridgehead atoms. The summed E-state index contributed by atoms with van der Waals surface area (Å²) in [5.41, 5.74) is 8.20. The number of nitrogens with zero attached hydrogens (tertiary/aromatic N) is 1. The van der Waals surface area contributed by atoms with Gasteiger partial charge in [0.05, 0.1) is 0 Å². The molecule has 2 unspecified atom stereocenters. The Kier molecular flexibility index (Phi) is 4.40. The Morgan fingerprint density at radius 3 is 2.13 bits per heavy atom. The normalized spacial score (nSPS) is 16.1. The topological polar surface area (TPSA) is 139 Å². The van der Waals surface area contributed by atoms with Gasteiger partial charge in [0.15, 0.2) is 11.5 Å². The fourth-order valence-electron chi connectivity index (χ4n) is 1.08. The largest absolute Gasteiger partial charge is 0.480 e. The van der Waals surface area contributed by atoms with E-state index < -0.39 is 28.7 Å². The summed E-state index contributed by atoms with van der Waals surface area (Å²) in [5.74, 6) is -3.31. The minimum atomic E-state index is -1.94. The molecule has 0 aromatic rings. The number of guanidine groups is 1. The van der Waals surface area contributed by atoms with E-state index in [1.807, 2.05) is 0 Å². The fourth-order valence-corrected chi connectivity index (χ4v) is 1.43. The SMILES string of the molecule is CCC(N=C(N)N)(C(=O)O)C(S)C(=O)O. The van der Waals surface area contributed by atoms with E-state index in [1.165, 1.54) is 6.92 Å². The van der Waals surface area contributed by atoms with Crippen LogP contribution < -0.4 is 11.5 Å². The molecule has 0 aliphatic carbocycles. The summed E-state index contributed by atoms with van der Waals surface area (Å²) in [6.07, 6.45) is -0.0826. The van der Waals surface area contributed by atoms with Crippen molar-refractivity contribution in [3.63, 3.8) is 0 Å². The van der Waals surface area contributed by atoms with Gasteiger partial charge in [-0.3, -0.25) is 4.79 Å². The monoisotopic (exact) mass is 235 g/mol. The van der Waals surface area contributed by atoms with E-state index in [0.29, 0.717) is 0 Å². The van der Waals surface area contributed by atoms with Gasteiger partial charge in [-0.15, -0.1) is 0 Å². The first-order valence-corrected chi connectivity index (χ1v) is 4.54. The predicted molar refractivity (Wildman–Crippen MR) is 56.9 cm³/mol. The number of carbonyl (C=O) groups is 2. The van der Waals surface area contributed by atoms with E-state index in [0.717, 1.165) is 0 Å². The molecule has 6 N–H and O–H groups in total. The summed E-state index contributed by atoms with van der Waals surface area (Å²) in [7, 11) is 0. The molecule has 0 fully saturated rings. The van der Waals surface area contributed by atoms with E-state index in [1.54, 1.807) is 0 Å². The maximum Gasteiger partial charge on any atom is 0.333 e. The molecule has 7 nitrogen and oxygen atoms in total. The summed E-state index contributed by atoms with van der Waals surface area (Å²) in [5, 5.41) is 16.2. The van der Waals surface area contributed by atoms with Gasteiger partial charge in [-0.2, -0.15) is 12.6 Å². The zero-order chi connectivity index (χ0) is 12.2. The zero-order valence-electron chi connectivity index (χ0n) is 8.04. The molecule has 8 heteroatoms. The van der Waals surface area contributed by atoms with Gasteiger partial charge in [0.2, 0.25) is 0 Å². The number of thiol groups is 1. The summed E-state index contributed by atoms with van der Waals surface area (Å²) < 4.78 is 0. The molecule has 0 radical (unpaired) electrons. The second-order valence-electron chi connectivity index (χ2n) is 2.86. The van der Waals surface area contributed by atoms with E-state index in [4.69, 9.17) is 21.7 Å². The maximum atomic E-state index is 11.0. The highest BCUT2D eigenvalue weighted by Gasteiger charge is 2.47. The standard InChI is InChI=1S/C7H13N3O4S/c1-2-7(5(13)14,10-6(8)9)3(15)4(11)12/h3,15H,2H2,1H3,(H,11,12)(H,13,14)(H4,8,9,10). The summed E-state index contributed by atoms with van der Waals surface area (Å²) in [6.45, 7) is 1.46. The number of nitrogens with two attached hydrogens (primary N) is 2. The zero-order valence-corrected chi connectivity index (χ0v) is 8.94. The molecule has 0 saturated heterocycles. The first kappa shape index (κ1) is 13.6. The van der Waals surface area contributed by atoms with Crippen molar-refractivity contribution >= 4 is 30.5 Å². The Bertz CT molecular complexity index is 303. The quantitative estimate of drug-likeness (QED) is 0.232. The Balaban J connectivity index is 5.44. The first-order chi connectivity index (χ1) is 6.77. The average Bonchev–Trinajstić information content (AvgIpc) is 2.12. The van der Waals surface area contributed by atoms with Crippen molar-refractivity contribution in [2.24, 2.45) is 16.5 Å². The van der Waals surface area contributed by atoms with Crippen LogP contribution in [0.1, 0.15) is 13.3 Å². The molecule has 0 rings (SSSR count). The molecule has 2 atom stereocenters. The third kappa shape index (κ3) is 2.75. The van der Waals surface area contributed by atoms with Crippen LogP contribution in [0.2, 0.25) is 0 Å². The van der Waals surface area contributed by atoms with Crippen LogP contribution in [-0.4, -0.2) is 38.9 Å². The minimum Gasteiger partial charge on any atom is -0.480 e. The second-order valence-corrected chi connectivity index (χ2v) is 3.38. The van der Waals surface area contributed by atoms with Crippen molar-refractivity contribution < 1.29 is 19.8 Å². The van der Waals surface area contributed by atoms with Crippen molar-refractivity contribution in [1.82, 2.24) is 0 Å². The molecule has 0 heterocycles. The van der Waals surface area contributed by atoms with Gasteiger partial charge in [-0.25, -0.2) is 9.79 Å². The molecule has 0 aliphatic heterocycles. The number of aliphatic carboxylic acids is 2. The molecular weight excluding hydrogens is 222 g/mol. The Morgan fingerprint density at radius 1 is 1.47 bits per heavy atom. The fraction of sp³-hybridized carbons (Fsp3) is 0.571. The van der Waals surface area contributed by atoms with Crippen molar-refractivity contribution in [2.75, 3.05) is 0 Å². The Morgan fingerprint density at radius 2 is 1.93 bits per heavy atom. The van der Waals surface area contributed by atoms with Crippen LogP contribution in [0, 0.1) is 0 Å². The predicted octanol–water partition coefficient (Wildman–Crippen LogP) is -1.12. The minimum absolute atomic E-state index is 0.0826. The number of hydrogen-bond donors (Lipinski definition) is 5. The van der Waals surface area contributed by atoms with E-state index >= 15 is 0 Å². The van der Waals surface area contributed by atoms with E-state index in [2.05, 4.69) is 17.6 Å². The van der Waals surface area contributed by atoms with Crippen molar-refractivity contribution in [2.45, 2.75) is 24.1 Å². The number of carboxylic acids is 2. The lowest BCUT2D eigenvalue weighted by atomic mass is 9.92. The molecule has 15 heavy (non-hydrogen) atoms. The molecule has 0 spiro atoms. The summed E-state index contributed by atoms with van der Waals surface area (Å²) in [4.78, 5) is 25.2. The van der Waals surface area contributed by atoms with Crippen LogP contribution >= 0.6 is 12.6 Å². The lowest BCUT2D eigenvalue weighted by molar-refractivity contribution is -0.149. The van der Waals surface area contributed by atoms with Crippen LogP contribution in [0.25, 0.3) is 0 Å². The van der Waals surface area contributed by atoms with Crippen LogP contribution in [0.4, 0.5) is 0 Å². The second kappa shape index (κ2) is 4.87. The first-order valence-electron chi connectivity index (χ1n) is 4.03. The van der Waals surface area contributed by atoms with Crippen LogP contribution in [0.15, 0.2) is 4.99 Å². The number of rotatable bonds is 5. The molecule has 86 valence electrons. The van der Waals surface area contributed by atoms with Gasteiger partial charge < -0.3 is 21.7 Å². The average molecular weight is 235 g/mol. The third-order valence-corrected chi connectivity index (χ3v) is 2.57. The highest BCUT2D eigenvalue weighted by molar-refractivity contribution is 7.82. The van der Waals surface area contributed by atoms with Crippen molar-refractivity contribution in [3.8, 4) is 0 Å². The highest BCUT2D eigenvalue weighted by Crippen LogP contribution is 2.25.